The number of hydrogen-bond donors (Lipinski definition) is 1. The van der Waals surface area contributed by atoms with Crippen LogP contribution in [-0.4, -0.2) is 15.8 Å². The van der Waals surface area contributed by atoms with Crippen LogP contribution in [0, 0.1) is 35.5 Å². The molecule has 2 aromatic carbocycles. The van der Waals surface area contributed by atoms with Crippen molar-refractivity contribution in [3.63, 3.8) is 0 Å². The molecule has 37 heavy (non-hydrogen) atoms. The first-order chi connectivity index (χ1) is 18.1. The van der Waals surface area contributed by atoms with Crippen molar-refractivity contribution in [3.05, 3.63) is 76.1 Å². The molecular weight excluding hydrogens is 456 g/mol. The molecule has 188 valence electrons. The summed E-state index contributed by atoms with van der Waals surface area (Å²) < 4.78 is 0. The highest BCUT2D eigenvalue weighted by molar-refractivity contribution is 6.00. The molecule has 0 bridgehead atoms. The van der Waals surface area contributed by atoms with E-state index in [0.717, 1.165) is 74.5 Å². The predicted octanol–water partition coefficient (Wildman–Crippen LogP) is 7.72. The largest absolute Gasteiger partial charge is 0.330 e. The quantitative estimate of drug-likeness (QED) is 0.370. The number of imidazole rings is 1. The Morgan fingerprint density at radius 1 is 0.892 bits per heavy atom. The van der Waals surface area contributed by atoms with Crippen molar-refractivity contribution in [2.24, 2.45) is 5.92 Å². The molecule has 0 radical (unpaired) electrons. The van der Waals surface area contributed by atoms with Crippen molar-refractivity contribution in [2.75, 3.05) is 0 Å². The number of aromatic amines is 1. The first kappa shape index (κ1) is 25.0. The van der Waals surface area contributed by atoms with E-state index in [2.05, 4.69) is 53.3 Å². The molecule has 1 N–H and O–H groups in total. The van der Waals surface area contributed by atoms with E-state index in [1.165, 1.54) is 17.5 Å². The fourth-order valence-electron chi connectivity index (χ4n) is 6.10. The molecule has 3 aromatic rings. The summed E-state index contributed by atoms with van der Waals surface area (Å²) in [6, 6.07) is 16.6. The minimum Gasteiger partial charge on any atom is -0.330 e. The molecule has 1 aromatic heterocycles. The molecule has 5 heteroatoms. The minimum atomic E-state index is 0.0343. The second-order valence-corrected chi connectivity index (χ2v) is 10.8. The lowest BCUT2D eigenvalue weighted by Crippen LogP contribution is -2.18. The van der Waals surface area contributed by atoms with Crippen molar-refractivity contribution in [3.8, 4) is 23.5 Å². The topological polar surface area (TPSA) is 93.3 Å². The van der Waals surface area contributed by atoms with E-state index in [1.807, 2.05) is 12.1 Å². The summed E-state index contributed by atoms with van der Waals surface area (Å²) in [5.74, 6) is 1.96. The average Bonchev–Trinajstić information content (AvgIpc) is 3.40. The summed E-state index contributed by atoms with van der Waals surface area (Å²) in [5.41, 5.74) is 6.54. The van der Waals surface area contributed by atoms with Gasteiger partial charge in [0.25, 0.3) is 0 Å². The second-order valence-electron chi connectivity index (χ2n) is 10.8. The number of nitrogens with zero attached hydrogens (tertiary/aromatic N) is 3. The van der Waals surface area contributed by atoms with Crippen LogP contribution in [0.1, 0.15) is 114 Å². The standard InChI is InChI=1S/C32H34N4O/c1-21-16-29(25-9-5-10-25)30(32-35-20-27(19-34)36-32)17-28(21)31(37)26-7-3-2-6-23(8-4-11-26)24-14-12-22(18-33)13-15-24/h12-17,20,23,25-26H,2-11H2,1H3,(H,35,36). The first-order valence-corrected chi connectivity index (χ1v) is 13.7. The molecule has 0 spiro atoms. The van der Waals surface area contributed by atoms with E-state index in [-0.39, 0.29) is 11.7 Å². The molecular formula is C32H34N4O. The normalized spacial score (nSPS) is 20.5. The molecule has 0 aliphatic heterocycles. The Morgan fingerprint density at radius 2 is 1.57 bits per heavy atom. The molecule has 2 unspecified atom stereocenters. The van der Waals surface area contributed by atoms with Crippen LogP contribution in [0.3, 0.4) is 0 Å². The number of aryl methyl sites for hydroxylation is 1. The van der Waals surface area contributed by atoms with Gasteiger partial charge in [-0.05, 0) is 92.2 Å². The van der Waals surface area contributed by atoms with Gasteiger partial charge in [-0.2, -0.15) is 10.5 Å². The maximum Gasteiger partial charge on any atom is 0.166 e. The van der Waals surface area contributed by atoms with E-state index < -0.39 is 0 Å². The average molecular weight is 491 g/mol. The van der Waals surface area contributed by atoms with Gasteiger partial charge < -0.3 is 4.98 Å². The highest BCUT2D eigenvalue weighted by Crippen LogP contribution is 2.42. The lowest BCUT2D eigenvalue weighted by molar-refractivity contribution is 0.0902. The van der Waals surface area contributed by atoms with Crippen LogP contribution in [0.15, 0.2) is 42.6 Å². The zero-order valence-electron chi connectivity index (χ0n) is 21.6. The smallest absolute Gasteiger partial charge is 0.166 e. The van der Waals surface area contributed by atoms with Crippen LogP contribution in [-0.2, 0) is 0 Å². The number of carbonyl (C=O) groups is 1. The van der Waals surface area contributed by atoms with Gasteiger partial charge in [0.2, 0.25) is 0 Å². The fourth-order valence-corrected chi connectivity index (χ4v) is 6.10. The number of nitriles is 2. The van der Waals surface area contributed by atoms with E-state index in [0.29, 0.717) is 28.9 Å². The molecule has 5 rings (SSSR count). The molecule has 2 saturated carbocycles. The third-order valence-electron chi connectivity index (χ3n) is 8.50. The van der Waals surface area contributed by atoms with Crippen LogP contribution in [0.5, 0.6) is 0 Å². The zero-order chi connectivity index (χ0) is 25.8. The molecule has 0 amide bonds. The number of aromatic nitrogens is 2. The Balaban J connectivity index is 1.36. The van der Waals surface area contributed by atoms with E-state index >= 15 is 0 Å². The minimum absolute atomic E-state index is 0.0343. The number of benzene rings is 2. The van der Waals surface area contributed by atoms with Crippen molar-refractivity contribution < 1.29 is 4.79 Å². The Morgan fingerprint density at radius 3 is 2.24 bits per heavy atom. The number of carbonyl (C=O) groups excluding carboxylic acids is 1. The summed E-state index contributed by atoms with van der Waals surface area (Å²) in [5, 5.41) is 18.4. The van der Waals surface area contributed by atoms with Gasteiger partial charge in [-0.25, -0.2) is 4.98 Å². The van der Waals surface area contributed by atoms with Gasteiger partial charge in [0.1, 0.15) is 17.6 Å². The van der Waals surface area contributed by atoms with Crippen LogP contribution in [0.2, 0.25) is 0 Å². The van der Waals surface area contributed by atoms with Crippen LogP contribution in [0.4, 0.5) is 0 Å². The fraction of sp³-hybridized carbons (Fsp3) is 0.438. The maximum atomic E-state index is 13.9. The van der Waals surface area contributed by atoms with Gasteiger partial charge in [-0.1, -0.05) is 43.9 Å². The van der Waals surface area contributed by atoms with Gasteiger partial charge in [0, 0.05) is 17.0 Å². The number of nitrogens with one attached hydrogen (secondary N) is 1. The third-order valence-corrected chi connectivity index (χ3v) is 8.50. The van der Waals surface area contributed by atoms with Gasteiger partial charge in [0.15, 0.2) is 5.78 Å². The lowest BCUT2D eigenvalue weighted by atomic mass is 9.76. The van der Waals surface area contributed by atoms with Crippen LogP contribution < -0.4 is 0 Å². The summed E-state index contributed by atoms with van der Waals surface area (Å²) in [6.07, 6.45) is 12.4. The van der Waals surface area contributed by atoms with Gasteiger partial charge in [-0.3, -0.25) is 4.79 Å². The molecule has 2 aliphatic rings. The second kappa shape index (κ2) is 11.1. The number of H-pyrrole nitrogens is 1. The first-order valence-electron chi connectivity index (χ1n) is 13.7. The number of ketones is 1. The highest BCUT2D eigenvalue weighted by atomic mass is 16.1. The number of Topliss-reactive ketones (excluding diaryl/α,β-unsaturated/α-hetero) is 1. The molecule has 0 saturated heterocycles. The van der Waals surface area contributed by atoms with Crippen molar-refractivity contribution in [1.29, 1.82) is 10.5 Å². The SMILES string of the molecule is Cc1cc(C2CCC2)c(-c2ncc(C#N)[nH]2)cc1C(=O)C1CCCCC(c2ccc(C#N)cc2)CCC1. The van der Waals surface area contributed by atoms with Gasteiger partial charge in [-0.15, -0.1) is 0 Å². The molecule has 1 heterocycles. The van der Waals surface area contributed by atoms with Gasteiger partial charge in [0.05, 0.1) is 17.8 Å². The summed E-state index contributed by atoms with van der Waals surface area (Å²) in [6.45, 7) is 2.07. The van der Waals surface area contributed by atoms with E-state index in [1.54, 1.807) is 6.20 Å². The Kier molecular flexibility index (Phi) is 7.52. The molecule has 5 nitrogen and oxygen atoms in total. The summed E-state index contributed by atoms with van der Waals surface area (Å²) in [4.78, 5) is 21.5. The molecule has 2 fully saturated rings. The lowest BCUT2D eigenvalue weighted by Gasteiger charge is -2.29. The van der Waals surface area contributed by atoms with Gasteiger partial charge >= 0.3 is 0 Å². The number of hydrogen-bond acceptors (Lipinski definition) is 4. The Hall–Kier alpha value is -3.70. The molecule has 2 aliphatic carbocycles. The zero-order valence-corrected chi connectivity index (χ0v) is 21.6. The summed E-state index contributed by atoms with van der Waals surface area (Å²) >= 11 is 0. The van der Waals surface area contributed by atoms with E-state index in [9.17, 15) is 10.1 Å². The highest BCUT2D eigenvalue weighted by Gasteiger charge is 2.28. The molecule has 2 atom stereocenters. The Labute approximate surface area is 219 Å². The van der Waals surface area contributed by atoms with Crippen molar-refractivity contribution in [1.82, 2.24) is 9.97 Å². The van der Waals surface area contributed by atoms with Crippen molar-refractivity contribution >= 4 is 5.78 Å². The monoisotopic (exact) mass is 490 g/mol. The van der Waals surface area contributed by atoms with E-state index in [4.69, 9.17) is 5.26 Å². The van der Waals surface area contributed by atoms with Crippen LogP contribution >= 0.6 is 0 Å². The number of rotatable bonds is 5. The maximum absolute atomic E-state index is 13.9. The Bertz CT molecular complexity index is 1350. The van der Waals surface area contributed by atoms with Crippen LogP contribution in [0.25, 0.3) is 11.4 Å². The summed E-state index contributed by atoms with van der Waals surface area (Å²) in [7, 11) is 0. The third kappa shape index (κ3) is 5.37. The predicted molar refractivity (Wildman–Crippen MR) is 144 cm³/mol. The van der Waals surface area contributed by atoms with Crippen molar-refractivity contribution in [2.45, 2.75) is 83.0 Å².